The van der Waals surface area contributed by atoms with Gasteiger partial charge in [0.05, 0.1) is 5.60 Å². The van der Waals surface area contributed by atoms with Crippen LogP contribution in [0.1, 0.15) is 20.8 Å². The fourth-order valence-electron chi connectivity index (χ4n) is 2.57. The summed E-state index contributed by atoms with van der Waals surface area (Å²) in [4.78, 5) is 13.0. The van der Waals surface area contributed by atoms with Crippen LogP contribution in [0.15, 0.2) is 6.07 Å². The number of aliphatic hydroxyl groups is 1. The Morgan fingerprint density at radius 1 is 1.29 bits per heavy atom. The highest BCUT2D eigenvalue weighted by molar-refractivity contribution is 5.52. The zero-order valence-corrected chi connectivity index (χ0v) is 13.1. The van der Waals surface area contributed by atoms with E-state index in [1.807, 2.05) is 26.8 Å². The van der Waals surface area contributed by atoms with Crippen LogP contribution < -0.4 is 16.0 Å². The van der Waals surface area contributed by atoms with E-state index in [-0.39, 0.29) is 0 Å². The molecule has 7 nitrogen and oxygen atoms in total. The third-order valence-electron chi connectivity index (χ3n) is 3.39. The molecular formula is C14H26N6O. The molecule has 0 unspecified atom stereocenters. The quantitative estimate of drug-likeness (QED) is 0.723. The predicted octanol–water partition coefficient (Wildman–Crippen LogP) is 0.384. The molecule has 0 aromatic carbocycles. The number of aromatic nitrogens is 2. The molecule has 0 bridgehead atoms. The van der Waals surface area contributed by atoms with E-state index in [1.54, 1.807) is 0 Å². The number of hydrogen-bond donors (Lipinski definition) is 3. The second-order valence-corrected chi connectivity index (χ2v) is 6.08. The van der Waals surface area contributed by atoms with E-state index in [0.717, 1.165) is 44.4 Å². The Hall–Kier alpha value is -1.60. The van der Waals surface area contributed by atoms with Gasteiger partial charge in [-0.15, -0.1) is 0 Å². The maximum Gasteiger partial charge on any atom is 0.223 e. The second kappa shape index (κ2) is 6.44. The smallest absolute Gasteiger partial charge is 0.223 e. The molecule has 1 aromatic heterocycles. The Labute approximate surface area is 126 Å². The molecule has 118 valence electrons. The number of nitrogen functional groups attached to an aromatic ring is 1. The summed E-state index contributed by atoms with van der Waals surface area (Å²) in [6, 6.07) is 1.94. The second-order valence-electron chi connectivity index (χ2n) is 6.08. The first-order valence-corrected chi connectivity index (χ1v) is 7.45. The van der Waals surface area contributed by atoms with Gasteiger partial charge in [-0.25, -0.2) is 0 Å². The van der Waals surface area contributed by atoms with Gasteiger partial charge < -0.3 is 21.1 Å². The van der Waals surface area contributed by atoms with Crippen molar-refractivity contribution in [2.24, 2.45) is 0 Å². The lowest BCUT2D eigenvalue weighted by molar-refractivity contribution is 0.0345. The summed E-state index contributed by atoms with van der Waals surface area (Å²) >= 11 is 0. The van der Waals surface area contributed by atoms with Crippen molar-refractivity contribution in [2.75, 3.05) is 55.2 Å². The largest absolute Gasteiger partial charge is 0.389 e. The van der Waals surface area contributed by atoms with Crippen molar-refractivity contribution in [3.8, 4) is 0 Å². The first-order chi connectivity index (χ1) is 9.87. The highest BCUT2D eigenvalue weighted by Gasteiger charge is 2.23. The Balaban J connectivity index is 1.98. The predicted molar refractivity (Wildman–Crippen MR) is 85.6 cm³/mol. The zero-order chi connectivity index (χ0) is 15.5. The molecule has 0 amide bonds. The van der Waals surface area contributed by atoms with E-state index in [1.165, 1.54) is 0 Å². The highest BCUT2D eigenvalue weighted by atomic mass is 16.3. The topological polar surface area (TPSA) is 90.5 Å². The Kier molecular flexibility index (Phi) is 4.84. The van der Waals surface area contributed by atoms with Gasteiger partial charge in [0.15, 0.2) is 0 Å². The van der Waals surface area contributed by atoms with E-state index in [2.05, 4.69) is 25.1 Å². The molecule has 1 saturated heterocycles. The van der Waals surface area contributed by atoms with Crippen molar-refractivity contribution >= 4 is 17.6 Å². The number of rotatable bonds is 5. The molecule has 1 aliphatic rings. The van der Waals surface area contributed by atoms with Gasteiger partial charge in [0.2, 0.25) is 5.95 Å². The van der Waals surface area contributed by atoms with Crippen molar-refractivity contribution in [1.82, 2.24) is 14.9 Å². The minimum absolute atomic E-state index is 0.294. The van der Waals surface area contributed by atoms with Gasteiger partial charge in [-0.05, 0) is 20.8 Å². The molecule has 1 aliphatic heterocycles. The van der Waals surface area contributed by atoms with Crippen LogP contribution in [0.3, 0.4) is 0 Å². The van der Waals surface area contributed by atoms with Crippen LogP contribution in [0.2, 0.25) is 0 Å². The van der Waals surface area contributed by atoms with Crippen molar-refractivity contribution in [3.63, 3.8) is 0 Å². The molecule has 2 rings (SSSR count). The summed E-state index contributed by atoms with van der Waals surface area (Å²) in [6.07, 6.45) is 0. The third kappa shape index (κ3) is 4.71. The maximum absolute atomic E-state index is 9.88. The molecule has 0 saturated carbocycles. The average molecular weight is 294 g/mol. The average Bonchev–Trinajstić information content (AvgIpc) is 2.37. The molecule has 7 heteroatoms. The summed E-state index contributed by atoms with van der Waals surface area (Å²) in [5.74, 6) is 1.92. The van der Waals surface area contributed by atoms with Crippen molar-refractivity contribution in [3.05, 3.63) is 6.07 Å². The Bertz CT molecular complexity index is 465. The van der Waals surface area contributed by atoms with Gasteiger partial charge >= 0.3 is 0 Å². The van der Waals surface area contributed by atoms with Crippen molar-refractivity contribution in [1.29, 1.82) is 0 Å². The number of hydrogen-bond acceptors (Lipinski definition) is 7. The first kappa shape index (κ1) is 15.8. The standard InChI is InChI=1S/C14H26N6O/c1-4-16-11-9-12(18-13(15)17-11)20-7-5-19(6-8-20)10-14(2,3)21/h9,21H,4-8,10H2,1-3H3,(H3,15,16,17,18). The highest BCUT2D eigenvalue weighted by Crippen LogP contribution is 2.19. The van der Waals surface area contributed by atoms with E-state index in [9.17, 15) is 5.11 Å². The Morgan fingerprint density at radius 2 is 1.95 bits per heavy atom. The molecule has 0 radical (unpaired) electrons. The summed E-state index contributed by atoms with van der Waals surface area (Å²) < 4.78 is 0. The molecule has 0 spiro atoms. The molecule has 1 aromatic rings. The first-order valence-electron chi connectivity index (χ1n) is 7.45. The van der Waals surface area contributed by atoms with Gasteiger partial charge in [0.25, 0.3) is 0 Å². The number of piperazine rings is 1. The lowest BCUT2D eigenvalue weighted by Gasteiger charge is -2.37. The van der Waals surface area contributed by atoms with Gasteiger partial charge in [0, 0.05) is 45.3 Å². The minimum atomic E-state index is -0.653. The Morgan fingerprint density at radius 3 is 2.52 bits per heavy atom. The third-order valence-corrected chi connectivity index (χ3v) is 3.39. The number of nitrogens with one attached hydrogen (secondary N) is 1. The van der Waals surface area contributed by atoms with Crippen LogP contribution in [0.25, 0.3) is 0 Å². The van der Waals surface area contributed by atoms with Gasteiger partial charge in [-0.1, -0.05) is 0 Å². The molecule has 0 atom stereocenters. The monoisotopic (exact) mass is 294 g/mol. The van der Waals surface area contributed by atoms with Crippen molar-refractivity contribution < 1.29 is 5.11 Å². The molecule has 0 aliphatic carbocycles. The summed E-state index contributed by atoms with van der Waals surface area (Å²) in [7, 11) is 0. The number of anilines is 3. The van der Waals surface area contributed by atoms with Gasteiger partial charge in [0.1, 0.15) is 11.6 Å². The van der Waals surface area contributed by atoms with Crippen LogP contribution in [0.4, 0.5) is 17.6 Å². The maximum atomic E-state index is 9.88. The van der Waals surface area contributed by atoms with Crippen LogP contribution in [0, 0.1) is 0 Å². The summed E-state index contributed by atoms with van der Waals surface area (Å²) in [6.45, 7) is 10.8. The summed E-state index contributed by atoms with van der Waals surface area (Å²) in [5.41, 5.74) is 5.12. The zero-order valence-electron chi connectivity index (χ0n) is 13.1. The normalized spacial score (nSPS) is 17.0. The number of nitrogens with two attached hydrogens (primary N) is 1. The molecule has 4 N–H and O–H groups in total. The molecule has 21 heavy (non-hydrogen) atoms. The van der Waals surface area contributed by atoms with E-state index >= 15 is 0 Å². The fourth-order valence-corrected chi connectivity index (χ4v) is 2.57. The summed E-state index contributed by atoms with van der Waals surface area (Å²) in [5, 5.41) is 13.1. The number of β-amino-alcohol motifs (C(OH)–C–C–N with tert-alkyl or cyclic N) is 1. The fraction of sp³-hybridized carbons (Fsp3) is 0.714. The van der Waals surface area contributed by atoms with E-state index in [4.69, 9.17) is 5.73 Å². The van der Waals surface area contributed by atoms with E-state index < -0.39 is 5.60 Å². The lowest BCUT2D eigenvalue weighted by atomic mass is 10.1. The van der Waals surface area contributed by atoms with Gasteiger partial charge in [-0.3, -0.25) is 4.90 Å². The number of nitrogens with zero attached hydrogens (tertiary/aromatic N) is 4. The minimum Gasteiger partial charge on any atom is -0.389 e. The van der Waals surface area contributed by atoms with Gasteiger partial charge in [-0.2, -0.15) is 9.97 Å². The van der Waals surface area contributed by atoms with Crippen LogP contribution in [0.5, 0.6) is 0 Å². The molecule has 1 fully saturated rings. The van der Waals surface area contributed by atoms with Crippen LogP contribution in [-0.2, 0) is 0 Å². The molecular weight excluding hydrogens is 268 g/mol. The van der Waals surface area contributed by atoms with Crippen LogP contribution in [-0.4, -0.2) is 64.8 Å². The lowest BCUT2D eigenvalue weighted by Crippen LogP contribution is -2.50. The van der Waals surface area contributed by atoms with Crippen LogP contribution >= 0.6 is 0 Å². The van der Waals surface area contributed by atoms with Crippen molar-refractivity contribution in [2.45, 2.75) is 26.4 Å². The molecule has 2 heterocycles. The SMILES string of the molecule is CCNc1cc(N2CCN(CC(C)(C)O)CC2)nc(N)n1. The van der Waals surface area contributed by atoms with E-state index in [0.29, 0.717) is 12.5 Å².